The van der Waals surface area contributed by atoms with E-state index in [1.54, 1.807) is 0 Å². The second-order valence-electron chi connectivity index (χ2n) is 7.58. The number of rotatable bonds is 2. The van der Waals surface area contributed by atoms with Crippen molar-refractivity contribution in [1.29, 1.82) is 0 Å². The molecule has 26 heavy (non-hydrogen) atoms. The molecule has 0 fully saturated rings. The normalized spacial score (nSPS) is 22.7. The van der Waals surface area contributed by atoms with Gasteiger partial charge in [-0.3, -0.25) is 0 Å². The number of benzene rings is 2. The van der Waals surface area contributed by atoms with Crippen LogP contribution in [0.25, 0.3) is 0 Å². The number of nitrogens with zero attached hydrogens (tertiary/aromatic N) is 2. The van der Waals surface area contributed by atoms with Crippen molar-refractivity contribution in [1.82, 2.24) is 0 Å². The lowest BCUT2D eigenvalue weighted by Crippen LogP contribution is -2.42. The highest BCUT2D eigenvalue weighted by atomic mass is 32.2. The largest absolute Gasteiger partial charge is 0.346 e. The predicted octanol–water partition coefficient (Wildman–Crippen LogP) is 4.09. The minimum atomic E-state index is -0.975. The van der Waals surface area contributed by atoms with Crippen LogP contribution in [0, 0.1) is 27.7 Å². The van der Waals surface area contributed by atoms with E-state index < -0.39 is 5.72 Å². The van der Waals surface area contributed by atoms with Crippen molar-refractivity contribution >= 4 is 22.6 Å². The molecule has 4 rings (SSSR count). The van der Waals surface area contributed by atoms with Gasteiger partial charge in [-0.1, -0.05) is 35.9 Å². The summed E-state index contributed by atoms with van der Waals surface area (Å²) in [5.41, 5.74) is 6.22. The minimum absolute atomic E-state index is 0.573. The number of β-amino-alcohol motifs (C(OH)–C–C–N with tert-alkyl or cyclic N) is 1. The third kappa shape index (κ3) is 2.67. The average Bonchev–Trinajstić information content (AvgIpc) is 2.91. The smallest absolute Gasteiger partial charge is 0.316 e. The molecule has 0 spiro atoms. The van der Waals surface area contributed by atoms with Gasteiger partial charge < -0.3 is 5.11 Å². The Morgan fingerprint density at radius 1 is 1.08 bits per heavy atom. The first-order valence-electron chi connectivity index (χ1n) is 9.33. The molecule has 3 nitrogen and oxygen atoms in total. The lowest BCUT2D eigenvalue weighted by molar-refractivity contribution is -0.656. The van der Waals surface area contributed by atoms with Crippen molar-refractivity contribution < 1.29 is 9.68 Å². The van der Waals surface area contributed by atoms with E-state index in [-0.39, 0.29) is 0 Å². The van der Waals surface area contributed by atoms with Crippen molar-refractivity contribution in [3.8, 4) is 0 Å². The first-order chi connectivity index (χ1) is 12.4. The third-order valence-electron chi connectivity index (χ3n) is 5.72. The van der Waals surface area contributed by atoms with Crippen LogP contribution in [0.15, 0.2) is 36.4 Å². The van der Waals surface area contributed by atoms with Crippen molar-refractivity contribution in [2.45, 2.75) is 39.8 Å². The molecule has 2 aliphatic heterocycles. The number of hydrogen-bond donors (Lipinski definition) is 1. The van der Waals surface area contributed by atoms with Crippen LogP contribution >= 0.6 is 11.8 Å². The Bertz CT molecular complexity index is 905. The molecule has 0 unspecified atom stereocenters. The van der Waals surface area contributed by atoms with Gasteiger partial charge in [-0.05, 0) is 68.6 Å². The highest BCUT2D eigenvalue weighted by Crippen LogP contribution is 2.40. The number of hydrogen-bond acceptors (Lipinski definition) is 3. The molecule has 0 saturated heterocycles. The van der Waals surface area contributed by atoms with Gasteiger partial charge in [0.25, 0.3) is 5.72 Å². The Balaban J connectivity index is 1.86. The first-order valence-corrected chi connectivity index (χ1v) is 10.3. The summed E-state index contributed by atoms with van der Waals surface area (Å²) in [6, 6.07) is 12.8. The average molecular weight is 368 g/mol. The molecule has 2 aliphatic rings. The summed E-state index contributed by atoms with van der Waals surface area (Å²) in [5.74, 6) is 1.11. The molecule has 0 saturated carbocycles. The zero-order valence-corrected chi connectivity index (χ0v) is 16.9. The molecule has 136 valence electrons. The summed E-state index contributed by atoms with van der Waals surface area (Å²) in [6.07, 6.45) is 1.10. The van der Waals surface area contributed by atoms with Gasteiger partial charge in [-0.15, -0.1) is 0 Å². The second kappa shape index (κ2) is 6.43. The number of amidine groups is 1. The number of aliphatic hydroxyl groups is 1. The topological polar surface area (TPSA) is 26.5 Å². The summed E-state index contributed by atoms with van der Waals surface area (Å²) in [5, 5.41) is 13.1. The van der Waals surface area contributed by atoms with E-state index in [9.17, 15) is 5.11 Å². The summed E-state index contributed by atoms with van der Waals surface area (Å²) < 4.78 is 2.22. The summed E-state index contributed by atoms with van der Waals surface area (Å²) in [7, 11) is 0. The SMILES string of the molecule is Cc1ccc([C@]2(O)CN(c3cccc(C)c3C)C3=[N+]2CCCS3)c(C)c1. The van der Waals surface area contributed by atoms with Gasteiger partial charge in [-0.2, -0.15) is 0 Å². The maximum absolute atomic E-state index is 11.9. The highest BCUT2D eigenvalue weighted by Gasteiger charge is 2.54. The number of thioether (sulfide) groups is 1. The standard InChI is InChI=1S/C22H27N2OS/c1-15-9-10-19(17(3)13-15)22(25)14-23(21-24(22)11-6-12-26-21)20-8-5-7-16(2)18(20)4/h5,7-10,13,25H,6,11-12,14H2,1-4H3/q+1/t22-/m1/s1. The summed E-state index contributed by atoms with van der Waals surface area (Å²) >= 11 is 1.87. The molecule has 0 bridgehead atoms. The van der Waals surface area contributed by atoms with Crippen LogP contribution in [0.4, 0.5) is 5.69 Å². The molecule has 0 aromatic heterocycles. The first kappa shape index (κ1) is 17.6. The van der Waals surface area contributed by atoms with E-state index in [2.05, 4.69) is 73.6 Å². The van der Waals surface area contributed by atoms with Crippen LogP contribution in [0.2, 0.25) is 0 Å². The third-order valence-corrected chi connectivity index (χ3v) is 6.92. The molecular weight excluding hydrogens is 340 g/mol. The molecule has 4 heteroatoms. The molecule has 2 aromatic carbocycles. The Kier molecular flexibility index (Phi) is 4.36. The van der Waals surface area contributed by atoms with Crippen LogP contribution in [0.1, 0.15) is 34.2 Å². The van der Waals surface area contributed by atoms with Crippen molar-refractivity contribution in [3.05, 3.63) is 64.2 Å². The monoisotopic (exact) mass is 367 g/mol. The Morgan fingerprint density at radius 2 is 1.88 bits per heavy atom. The van der Waals surface area contributed by atoms with E-state index in [0.29, 0.717) is 6.54 Å². The van der Waals surface area contributed by atoms with Crippen LogP contribution in [-0.2, 0) is 5.72 Å². The Morgan fingerprint density at radius 3 is 2.65 bits per heavy atom. The summed E-state index contributed by atoms with van der Waals surface area (Å²) in [6.45, 7) is 10.0. The van der Waals surface area contributed by atoms with Gasteiger partial charge in [-0.25, -0.2) is 9.48 Å². The van der Waals surface area contributed by atoms with Gasteiger partial charge >= 0.3 is 5.17 Å². The molecule has 2 aromatic rings. The molecular formula is C22H27N2OS+. The number of anilines is 1. The highest BCUT2D eigenvalue weighted by molar-refractivity contribution is 8.13. The molecule has 0 radical (unpaired) electrons. The second-order valence-corrected chi connectivity index (χ2v) is 8.64. The maximum Gasteiger partial charge on any atom is 0.316 e. The van der Waals surface area contributed by atoms with E-state index >= 15 is 0 Å². The fraction of sp³-hybridized carbons (Fsp3) is 0.409. The molecule has 1 N–H and O–H groups in total. The van der Waals surface area contributed by atoms with Gasteiger partial charge in [0, 0.05) is 11.3 Å². The molecule has 2 heterocycles. The fourth-order valence-corrected chi connectivity index (χ4v) is 5.38. The summed E-state index contributed by atoms with van der Waals surface area (Å²) in [4.78, 5) is 2.32. The zero-order valence-electron chi connectivity index (χ0n) is 16.0. The lowest BCUT2D eigenvalue weighted by Gasteiger charge is -2.26. The molecule has 1 atom stereocenters. The predicted molar refractivity (Wildman–Crippen MR) is 110 cm³/mol. The van der Waals surface area contributed by atoms with Crippen molar-refractivity contribution in [2.24, 2.45) is 0 Å². The Labute approximate surface area is 160 Å². The van der Waals surface area contributed by atoms with Crippen LogP contribution in [0.5, 0.6) is 0 Å². The zero-order chi connectivity index (χ0) is 18.5. The molecule has 0 amide bonds. The maximum atomic E-state index is 11.9. The van der Waals surface area contributed by atoms with Gasteiger partial charge in [0.15, 0.2) is 6.54 Å². The van der Waals surface area contributed by atoms with Crippen molar-refractivity contribution in [3.63, 3.8) is 0 Å². The van der Waals surface area contributed by atoms with Gasteiger partial charge in [0.05, 0.1) is 6.54 Å². The van der Waals surface area contributed by atoms with Crippen LogP contribution in [-0.4, -0.2) is 33.7 Å². The molecule has 0 aliphatic carbocycles. The Hall–Kier alpha value is -1.78. The van der Waals surface area contributed by atoms with E-state index in [4.69, 9.17) is 0 Å². The van der Waals surface area contributed by atoms with Crippen LogP contribution in [0.3, 0.4) is 0 Å². The van der Waals surface area contributed by atoms with Gasteiger partial charge in [0.2, 0.25) is 0 Å². The number of aryl methyl sites for hydroxylation is 3. The van der Waals surface area contributed by atoms with E-state index in [1.807, 2.05) is 11.8 Å². The van der Waals surface area contributed by atoms with Crippen LogP contribution < -0.4 is 4.90 Å². The van der Waals surface area contributed by atoms with E-state index in [1.165, 1.54) is 27.5 Å². The van der Waals surface area contributed by atoms with Gasteiger partial charge in [0.1, 0.15) is 5.69 Å². The van der Waals surface area contributed by atoms with Crippen molar-refractivity contribution in [2.75, 3.05) is 23.7 Å². The van der Waals surface area contributed by atoms with E-state index in [0.717, 1.165) is 29.8 Å². The fourth-order valence-electron chi connectivity index (χ4n) is 4.21. The quantitative estimate of drug-likeness (QED) is 0.810. The minimum Gasteiger partial charge on any atom is -0.346 e. The lowest BCUT2D eigenvalue weighted by atomic mass is 9.95.